The molecule has 2 aromatic rings. The summed E-state index contributed by atoms with van der Waals surface area (Å²) in [6, 6.07) is 9.25. The fourth-order valence-electron chi connectivity index (χ4n) is 1.53. The van der Waals surface area contributed by atoms with Gasteiger partial charge >= 0.3 is 0 Å². The van der Waals surface area contributed by atoms with E-state index in [-0.39, 0.29) is 5.91 Å². The van der Waals surface area contributed by atoms with E-state index in [0.29, 0.717) is 5.56 Å². The summed E-state index contributed by atoms with van der Waals surface area (Å²) in [7, 11) is 0. The number of pyridine rings is 1. The topological polar surface area (TPSA) is 42.0 Å². The van der Waals surface area contributed by atoms with E-state index in [0.717, 1.165) is 11.3 Å². The van der Waals surface area contributed by atoms with Crippen molar-refractivity contribution in [1.29, 1.82) is 0 Å². The van der Waals surface area contributed by atoms with Crippen LogP contribution in [-0.4, -0.2) is 10.9 Å². The van der Waals surface area contributed by atoms with Crippen LogP contribution in [0.15, 0.2) is 42.7 Å². The number of aryl methyl sites for hydroxylation is 2. The first-order chi connectivity index (χ1) is 8.16. The van der Waals surface area contributed by atoms with Gasteiger partial charge in [0.15, 0.2) is 0 Å². The molecule has 0 saturated heterocycles. The number of anilines is 1. The summed E-state index contributed by atoms with van der Waals surface area (Å²) in [6.07, 6.45) is 3.21. The van der Waals surface area contributed by atoms with Crippen molar-refractivity contribution in [1.82, 2.24) is 4.98 Å². The number of hydrogen-bond donors (Lipinski definition) is 1. The summed E-state index contributed by atoms with van der Waals surface area (Å²) < 4.78 is 0. The number of benzene rings is 1. The van der Waals surface area contributed by atoms with Gasteiger partial charge < -0.3 is 5.32 Å². The second-order valence-electron chi connectivity index (χ2n) is 3.99. The standard InChI is InChI=1S/C14H14N2O/c1-10-3-4-13(9-11(10)2)16-14(17)12-5-7-15-8-6-12/h3-9H,1-2H3,(H,16,17). The zero-order chi connectivity index (χ0) is 12.3. The molecule has 0 unspecified atom stereocenters. The Morgan fingerprint density at radius 1 is 1.06 bits per heavy atom. The van der Waals surface area contributed by atoms with Gasteiger partial charge in [-0.15, -0.1) is 0 Å². The van der Waals surface area contributed by atoms with Crippen molar-refractivity contribution in [3.8, 4) is 0 Å². The third-order valence-corrected chi connectivity index (χ3v) is 2.71. The number of amides is 1. The fraction of sp³-hybridized carbons (Fsp3) is 0.143. The lowest BCUT2D eigenvalue weighted by atomic mass is 10.1. The van der Waals surface area contributed by atoms with E-state index in [1.165, 1.54) is 5.56 Å². The van der Waals surface area contributed by atoms with Crippen molar-refractivity contribution in [2.24, 2.45) is 0 Å². The zero-order valence-electron chi connectivity index (χ0n) is 9.90. The molecule has 0 saturated carbocycles. The minimum Gasteiger partial charge on any atom is -0.322 e. The number of hydrogen-bond acceptors (Lipinski definition) is 2. The fourth-order valence-corrected chi connectivity index (χ4v) is 1.53. The molecule has 2 rings (SSSR count). The van der Waals surface area contributed by atoms with Gasteiger partial charge in [0.2, 0.25) is 0 Å². The van der Waals surface area contributed by atoms with Crippen molar-refractivity contribution in [3.63, 3.8) is 0 Å². The van der Waals surface area contributed by atoms with Gasteiger partial charge in [-0.05, 0) is 49.2 Å². The van der Waals surface area contributed by atoms with Crippen LogP contribution in [0, 0.1) is 13.8 Å². The molecule has 1 heterocycles. The van der Waals surface area contributed by atoms with Crippen LogP contribution >= 0.6 is 0 Å². The quantitative estimate of drug-likeness (QED) is 0.855. The summed E-state index contributed by atoms with van der Waals surface area (Å²) in [6.45, 7) is 4.07. The lowest BCUT2D eigenvalue weighted by Crippen LogP contribution is -2.11. The predicted octanol–water partition coefficient (Wildman–Crippen LogP) is 2.95. The van der Waals surface area contributed by atoms with E-state index in [1.807, 2.05) is 32.0 Å². The third kappa shape index (κ3) is 2.69. The summed E-state index contributed by atoms with van der Waals surface area (Å²) >= 11 is 0. The number of aromatic nitrogens is 1. The maximum Gasteiger partial charge on any atom is 0.255 e. The molecule has 0 fully saturated rings. The highest BCUT2D eigenvalue weighted by atomic mass is 16.1. The molecule has 3 nitrogen and oxygen atoms in total. The molecule has 1 aromatic heterocycles. The average Bonchev–Trinajstić information content (AvgIpc) is 2.35. The van der Waals surface area contributed by atoms with Gasteiger partial charge in [-0.2, -0.15) is 0 Å². The molecule has 1 aromatic carbocycles. The van der Waals surface area contributed by atoms with Gasteiger partial charge in [-0.3, -0.25) is 9.78 Å². The summed E-state index contributed by atoms with van der Waals surface area (Å²) in [5.41, 5.74) is 3.80. The van der Waals surface area contributed by atoms with Crippen LogP contribution in [0.2, 0.25) is 0 Å². The van der Waals surface area contributed by atoms with Gasteiger partial charge in [0.05, 0.1) is 0 Å². The van der Waals surface area contributed by atoms with Gasteiger partial charge in [-0.25, -0.2) is 0 Å². The molecule has 1 N–H and O–H groups in total. The monoisotopic (exact) mass is 226 g/mol. The second kappa shape index (κ2) is 4.78. The molecule has 0 aliphatic heterocycles. The van der Waals surface area contributed by atoms with Crippen LogP contribution < -0.4 is 5.32 Å². The lowest BCUT2D eigenvalue weighted by Gasteiger charge is -2.07. The van der Waals surface area contributed by atoms with Crippen molar-refractivity contribution in [3.05, 3.63) is 59.4 Å². The normalized spacial score (nSPS) is 10.0. The molecule has 3 heteroatoms. The lowest BCUT2D eigenvalue weighted by molar-refractivity contribution is 0.102. The van der Waals surface area contributed by atoms with Crippen molar-refractivity contribution < 1.29 is 4.79 Å². The van der Waals surface area contributed by atoms with Gasteiger partial charge in [0, 0.05) is 23.6 Å². The van der Waals surface area contributed by atoms with Crippen LogP contribution in [0.5, 0.6) is 0 Å². The predicted molar refractivity (Wildman–Crippen MR) is 68.1 cm³/mol. The summed E-state index contributed by atoms with van der Waals surface area (Å²) in [5.74, 6) is -0.115. The molecule has 86 valence electrons. The summed E-state index contributed by atoms with van der Waals surface area (Å²) in [5, 5.41) is 2.86. The first-order valence-electron chi connectivity index (χ1n) is 5.45. The first-order valence-corrected chi connectivity index (χ1v) is 5.45. The smallest absolute Gasteiger partial charge is 0.255 e. The minimum absolute atomic E-state index is 0.115. The number of carbonyl (C=O) groups is 1. The van der Waals surface area contributed by atoms with Crippen LogP contribution in [-0.2, 0) is 0 Å². The first kappa shape index (κ1) is 11.3. The highest BCUT2D eigenvalue weighted by molar-refractivity contribution is 6.04. The molecular weight excluding hydrogens is 212 g/mol. The van der Waals surface area contributed by atoms with Gasteiger partial charge in [0.1, 0.15) is 0 Å². The van der Waals surface area contributed by atoms with Crippen LogP contribution in [0.25, 0.3) is 0 Å². The van der Waals surface area contributed by atoms with Crippen molar-refractivity contribution in [2.45, 2.75) is 13.8 Å². The summed E-state index contributed by atoms with van der Waals surface area (Å²) in [4.78, 5) is 15.8. The van der Waals surface area contributed by atoms with Crippen LogP contribution in [0.1, 0.15) is 21.5 Å². The molecule has 0 atom stereocenters. The number of carbonyl (C=O) groups excluding carboxylic acids is 1. The SMILES string of the molecule is Cc1ccc(NC(=O)c2ccncc2)cc1C. The molecule has 1 amide bonds. The second-order valence-corrected chi connectivity index (χ2v) is 3.99. The van der Waals surface area contributed by atoms with E-state index in [4.69, 9.17) is 0 Å². The maximum absolute atomic E-state index is 11.9. The minimum atomic E-state index is -0.115. The zero-order valence-corrected chi connectivity index (χ0v) is 9.90. The van der Waals surface area contributed by atoms with Crippen LogP contribution in [0.3, 0.4) is 0 Å². The Labute approximate surface area is 101 Å². The Kier molecular flexibility index (Phi) is 3.19. The molecule has 0 aliphatic rings. The Morgan fingerprint density at radius 3 is 2.41 bits per heavy atom. The van der Waals surface area contributed by atoms with Crippen molar-refractivity contribution in [2.75, 3.05) is 5.32 Å². The largest absolute Gasteiger partial charge is 0.322 e. The molecule has 17 heavy (non-hydrogen) atoms. The highest BCUT2D eigenvalue weighted by Crippen LogP contribution is 2.15. The molecular formula is C14H14N2O. The van der Waals surface area contributed by atoms with Crippen LogP contribution in [0.4, 0.5) is 5.69 Å². The van der Waals surface area contributed by atoms with Gasteiger partial charge in [-0.1, -0.05) is 6.07 Å². The van der Waals surface area contributed by atoms with E-state index in [9.17, 15) is 4.79 Å². The van der Waals surface area contributed by atoms with Crippen molar-refractivity contribution >= 4 is 11.6 Å². The Balaban J connectivity index is 2.16. The maximum atomic E-state index is 11.9. The molecule has 0 bridgehead atoms. The number of nitrogens with zero attached hydrogens (tertiary/aromatic N) is 1. The van der Waals surface area contributed by atoms with E-state index >= 15 is 0 Å². The Morgan fingerprint density at radius 2 is 1.76 bits per heavy atom. The molecule has 0 spiro atoms. The van der Waals surface area contributed by atoms with E-state index in [2.05, 4.69) is 10.3 Å². The number of rotatable bonds is 2. The molecule has 0 aliphatic carbocycles. The highest BCUT2D eigenvalue weighted by Gasteiger charge is 2.05. The van der Waals surface area contributed by atoms with Gasteiger partial charge in [0.25, 0.3) is 5.91 Å². The Hall–Kier alpha value is -2.16. The average molecular weight is 226 g/mol. The van der Waals surface area contributed by atoms with E-state index < -0.39 is 0 Å². The molecule has 0 radical (unpaired) electrons. The Bertz CT molecular complexity index is 535. The third-order valence-electron chi connectivity index (χ3n) is 2.71. The number of nitrogens with one attached hydrogen (secondary N) is 1. The van der Waals surface area contributed by atoms with E-state index in [1.54, 1.807) is 24.5 Å².